The predicted octanol–water partition coefficient (Wildman–Crippen LogP) is 4.39. The summed E-state index contributed by atoms with van der Waals surface area (Å²) in [4.78, 5) is 12.0. The Labute approximate surface area is 112 Å². The Balaban J connectivity index is 2.38. The van der Waals surface area contributed by atoms with Crippen LogP contribution in [0, 0.1) is 0 Å². The molecule has 0 saturated carbocycles. The van der Waals surface area contributed by atoms with Gasteiger partial charge in [0.1, 0.15) is 0 Å². The second-order valence-electron chi connectivity index (χ2n) is 4.85. The molecule has 0 aliphatic carbocycles. The molecule has 0 aromatic heterocycles. The number of carbonyl (C=O) groups is 1. The first-order valence-electron chi connectivity index (χ1n) is 6.53. The summed E-state index contributed by atoms with van der Waals surface area (Å²) < 4.78 is -0.0805. The minimum Gasteiger partial charge on any atom is -0.435 e. The Morgan fingerprint density at radius 1 is 1.00 bits per heavy atom. The van der Waals surface area contributed by atoms with Gasteiger partial charge in [-0.3, -0.25) is 0 Å². The van der Waals surface area contributed by atoms with Crippen molar-refractivity contribution in [2.45, 2.75) is 13.3 Å². The number of hydrogen-bond donors (Lipinski definition) is 1. The van der Waals surface area contributed by atoms with Crippen molar-refractivity contribution in [3.63, 3.8) is 0 Å². The smallest absolute Gasteiger partial charge is 0.435 e. The van der Waals surface area contributed by atoms with E-state index in [0.29, 0.717) is 6.54 Å². The third kappa shape index (κ3) is 1.45. The van der Waals surface area contributed by atoms with E-state index in [1.54, 1.807) is 0 Å². The molecular weight excluding hydrogens is 238 g/mol. The van der Waals surface area contributed by atoms with E-state index in [-0.39, 0.29) is 4.48 Å². The zero-order valence-electron chi connectivity index (χ0n) is 10.8. The van der Waals surface area contributed by atoms with Crippen LogP contribution in [-0.4, -0.2) is 17.7 Å². The van der Waals surface area contributed by atoms with Crippen LogP contribution in [-0.2, 0) is 0 Å². The average Bonchev–Trinajstić information content (AvgIpc) is 2.72. The van der Waals surface area contributed by atoms with Crippen LogP contribution in [0.5, 0.6) is 0 Å². The van der Waals surface area contributed by atoms with Crippen LogP contribution in [0.4, 0.5) is 16.2 Å². The van der Waals surface area contributed by atoms with E-state index < -0.39 is 6.09 Å². The number of para-hydroxylation sites is 2. The molecule has 1 aliphatic rings. The minimum absolute atomic E-state index is 0.0805. The summed E-state index contributed by atoms with van der Waals surface area (Å²) in [5.74, 6) is 0. The zero-order chi connectivity index (χ0) is 13.5. The maximum atomic E-state index is 12.0. The second kappa shape index (κ2) is 4.21. The lowest BCUT2D eigenvalue weighted by molar-refractivity contribution is 0.166. The van der Waals surface area contributed by atoms with Gasteiger partial charge >= 0.3 is 6.09 Å². The highest BCUT2D eigenvalue weighted by Crippen LogP contribution is 2.52. The molecule has 3 nitrogen and oxygen atoms in total. The second-order valence-corrected chi connectivity index (χ2v) is 4.85. The van der Waals surface area contributed by atoms with Gasteiger partial charge in [-0.15, -0.1) is 0 Å². The van der Waals surface area contributed by atoms with Gasteiger partial charge in [-0.2, -0.15) is 9.28 Å². The molecule has 0 unspecified atom stereocenters. The molecule has 1 amide bonds. The maximum absolute atomic E-state index is 12.0. The van der Waals surface area contributed by atoms with E-state index in [2.05, 4.69) is 0 Å². The van der Waals surface area contributed by atoms with Gasteiger partial charge in [0.05, 0.1) is 6.54 Å². The highest BCUT2D eigenvalue weighted by atomic mass is 16.4. The number of rotatable bonds is 2. The summed E-state index contributed by atoms with van der Waals surface area (Å²) in [5.41, 5.74) is 3.82. The van der Waals surface area contributed by atoms with Crippen molar-refractivity contribution in [3.05, 3.63) is 48.5 Å². The molecule has 1 N–H and O–H groups in total. The predicted molar refractivity (Wildman–Crippen MR) is 76.5 cm³/mol. The topological polar surface area (TPSA) is 37.3 Å². The van der Waals surface area contributed by atoms with E-state index in [0.717, 1.165) is 28.9 Å². The van der Waals surface area contributed by atoms with Gasteiger partial charge in [0, 0.05) is 23.3 Å². The van der Waals surface area contributed by atoms with Crippen LogP contribution < -0.4 is 4.48 Å². The molecule has 0 radical (unpaired) electrons. The summed E-state index contributed by atoms with van der Waals surface area (Å²) in [7, 11) is 0. The molecule has 2 aromatic carbocycles. The maximum Gasteiger partial charge on any atom is 0.524 e. The molecule has 0 spiro atoms. The first-order valence-corrected chi connectivity index (χ1v) is 6.53. The minimum atomic E-state index is -0.806. The van der Waals surface area contributed by atoms with Gasteiger partial charge < -0.3 is 5.11 Å². The summed E-state index contributed by atoms with van der Waals surface area (Å²) in [5, 5.41) is 9.86. The van der Waals surface area contributed by atoms with E-state index in [1.165, 1.54) is 0 Å². The first-order chi connectivity index (χ1) is 9.21. The van der Waals surface area contributed by atoms with E-state index in [4.69, 9.17) is 0 Å². The van der Waals surface area contributed by atoms with E-state index >= 15 is 0 Å². The highest BCUT2D eigenvalue weighted by Gasteiger charge is 2.49. The van der Waals surface area contributed by atoms with E-state index in [9.17, 15) is 9.90 Å². The van der Waals surface area contributed by atoms with Crippen molar-refractivity contribution < 1.29 is 9.90 Å². The molecule has 3 rings (SSSR count). The molecule has 3 heteroatoms. The number of benzene rings is 2. The van der Waals surface area contributed by atoms with Crippen molar-refractivity contribution in [3.8, 4) is 11.1 Å². The van der Waals surface area contributed by atoms with Crippen molar-refractivity contribution in [2.24, 2.45) is 0 Å². The zero-order valence-corrected chi connectivity index (χ0v) is 10.8. The normalized spacial score (nSPS) is 14.8. The van der Waals surface area contributed by atoms with Crippen LogP contribution in [0.25, 0.3) is 11.1 Å². The molecule has 19 heavy (non-hydrogen) atoms. The molecular formula is C16H16NO2+. The third-order valence-corrected chi connectivity index (χ3v) is 3.81. The first kappa shape index (κ1) is 11.9. The van der Waals surface area contributed by atoms with Gasteiger partial charge in [0.2, 0.25) is 0 Å². The van der Waals surface area contributed by atoms with Crippen LogP contribution in [0.2, 0.25) is 0 Å². The average molecular weight is 254 g/mol. The molecule has 0 bridgehead atoms. The van der Waals surface area contributed by atoms with Crippen molar-refractivity contribution in [1.29, 1.82) is 0 Å². The number of hydrogen-bond acceptors (Lipinski definition) is 1. The monoisotopic (exact) mass is 254 g/mol. The van der Waals surface area contributed by atoms with Gasteiger partial charge in [-0.05, 0) is 18.6 Å². The lowest BCUT2D eigenvalue weighted by Gasteiger charge is -2.28. The number of fused-ring (bicyclic) bond motifs is 3. The Bertz CT molecular complexity index is 603. The molecule has 2 aromatic rings. The molecule has 0 atom stereocenters. The standard InChI is InChI=1S/C16H15NO2/c1-2-11-17(16(18)19)14-9-5-3-7-12(14)13-8-4-6-10-15(13)17/h3-10H,2,11H2,1H3/p+1. The number of nitrogens with zero attached hydrogens (tertiary/aromatic N) is 1. The molecule has 0 fully saturated rings. The van der Waals surface area contributed by atoms with Crippen LogP contribution in [0.15, 0.2) is 48.5 Å². The largest absolute Gasteiger partial charge is 0.524 e. The van der Waals surface area contributed by atoms with Crippen molar-refractivity contribution >= 4 is 17.5 Å². The quantitative estimate of drug-likeness (QED) is 0.807. The van der Waals surface area contributed by atoms with Crippen LogP contribution in [0.3, 0.4) is 0 Å². The third-order valence-electron chi connectivity index (χ3n) is 3.81. The summed E-state index contributed by atoms with van der Waals surface area (Å²) in [6, 6.07) is 15.6. The summed E-state index contributed by atoms with van der Waals surface area (Å²) >= 11 is 0. The number of amides is 1. The number of carboxylic acid groups (broad SMARTS) is 1. The van der Waals surface area contributed by atoms with Crippen LogP contribution >= 0.6 is 0 Å². The van der Waals surface area contributed by atoms with Gasteiger partial charge in [0.25, 0.3) is 0 Å². The fourth-order valence-electron chi connectivity index (χ4n) is 3.08. The summed E-state index contributed by atoms with van der Waals surface area (Å²) in [6.07, 6.45) is 0.00820. The molecule has 1 heterocycles. The molecule has 1 aliphatic heterocycles. The van der Waals surface area contributed by atoms with Gasteiger partial charge in [0.15, 0.2) is 11.4 Å². The molecule has 0 saturated heterocycles. The van der Waals surface area contributed by atoms with Crippen molar-refractivity contribution in [2.75, 3.05) is 6.54 Å². The molecule has 96 valence electrons. The lowest BCUT2D eigenvalue weighted by atomic mass is 10.1. The number of quaternary nitrogens is 1. The van der Waals surface area contributed by atoms with Gasteiger partial charge in [-0.1, -0.05) is 31.2 Å². The highest BCUT2D eigenvalue weighted by molar-refractivity contribution is 6.04. The Morgan fingerprint density at radius 3 is 1.89 bits per heavy atom. The Hall–Kier alpha value is -2.13. The van der Waals surface area contributed by atoms with Crippen LogP contribution in [0.1, 0.15) is 13.3 Å². The fourth-order valence-corrected chi connectivity index (χ4v) is 3.08. The summed E-state index contributed by atoms with van der Waals surface area (Å²) in [6.45, 7) is 2.59. The van der Waals surface area contributed by atoms with Crippen molar-refractivity contribution in [1.82, 2.24) is 4.48 Å². The fraction of sp³-hybridized carbons (Fsp3) is 0.188. The Morgan fingerprint density at radius 2 is 1.47 bits per heavy atom. The lowest BCUT2D eigenvalue weighted by Crippen LogP contribution is -2.48. The van der Waals surface area contributed by atoms with Gasteiger partial charge in [-0.25, -0.2) is 0 Å². The Kier molecular flexibility index (Phi) is 2.64. The van der Waals surface area contributed by atoms with E-state index in [1.807, 2.05) is 55.5 Å². The SMILES string of the molecule is CCC[N+]1(C(=O)O)c2ccccc2-c2ccccc21.